The summed E-state index contributed by atoms with van der Waals surface area (Å²) in [5.41, 5.74) is 0.704. The van der Waals surface area contributed by atoms with Crippen molar-refractivity contribution in [2.45, 2.75) is 109 Å². The summed E-state index contributed by atoms with van der Waals surface area (Å²) in [4.78, 5) is 14.2. The molecular formula is C24H46BrNO2. The molecule has 0 fully saturated rings. The third-order valence-corrected chi connectivity index (χ3v) is 5.83. The maximum atomic E-state index is 11.9. The predicted molar refractivity (Wildman–Crippen MR) is 126 cm³/mol. The minimum atomic E-state index is -0.198. The van der Waals surface area contributed by atoms with Crippen LogP contribution < -0.4 is 0 Å². The van der Waals surface area contributed by atoms with Gasteiger partial charge in [-0.1, -0.05) is 112 Å². The molecule has 166 valence electrons. The molecule has 0 aliphatic carbocycles. The largest absolute Gasteiger partial charge is 0.461 e. The monoisotopic (exact) mass is 459 g/mol. The Morgan fingerprint density at radius 3 is 1.82 bits per heavy atom. The highest BCUT2D eigenvalue weighted by Gasteiger charge is 2.09. The van der Waals surface area contributed by atoms with Gasteiger partial charge in [0.05, 0.1) is 0 Å². The molecule has 28 heavy (non-hydrogen) atoms. The molecule has 0 bridgehead atoms. The van der Waals surface area contributed by atoms with E-state index >= 15 is 0 Å². The third-order valence-electron chi connectivity index (χ3n) is 5.11. The zero-order chi connectivity index (χ0) is 21.0. The average molecular weight is 461 g/mol. The highest BCUT2D eigenvalue weighted by atomic mass is 79.9. The summed E-state index contributed by atoms with van der Waals surface area (Å²) in [5, 5.41) is 0. The van der Waals surface area contributed by atoms with E-state index in [1.54, 1.807) is 0 Å². The van der Waals surface area contributed by atoms with Gasteiger partial charge >= 0.3 is 5.97 Å². The fourth-order valence-corrected chi connectivity index (χ4v) is 3.93. The zero-order valence-corrected chi connectivity index (χ0v) is 20.7. The van der Waals surface area contributed by atoms with E-state index in [2.05, 4.69) is 22.9 Å². The van der Waals surface area contributed by atoms with Crippen molar-refractivity contribution < 1.29 is 9.53 Å². The van der Waals surface area contributed by atoms with Gasteiger partial charge in [-0.2, -0.15) is 0 Å². The Hall–Kier alpha value is -0.350. The summed E-state index contributed by atoms with van der Waals surface area (Å²) in [5.74, 6) is -0.198. The summed E-state index contributed by atoms with van der Waals surface area (Å²) in [6.45, 7) is 5.33. The van der Waals surface area contributed by atoms with Gasteiger partial charge in [0.25, 0.3) is 0 Å². The zero-order valence-electron chi connectivity index (χ0n) is 19.1. The van der Waals surface area contributed by atoms with Crippen LogP contribution in [0.25, 0.3) is 0 Å². The number of alkyl halides is 1. The molecule has 0 heterocycles. The number of rotatable bonds is 19. The number of unbranched alkanes of at least 4 members (excludes halogenated alkanes) is 12. The topological polar surface area (TPSA) is 29.5 Å². The van der Waals surface area contributed by atoms with Crippen molar-refractivity contribution in [2.24, 2.45) is 0 Å². The molecule has 0 aliphatic heterocycles. The maximum absolute atomic E-state index is 11.9. The standard InChI is InChI=1S/C24H46BrNO2/c1-5-6-7-8-9-10-11-12-13-14-15-16-17-18-23(25)21-22(2)24(27)28-20-19-26(3)4/h21,23H,5-20H2,1-4H3. The van der Waals surface area contributed by atoms with Crippen LogP contribution in [0.3, 0.4) is 0 Å². The van der Waals surface area contributed by atoms with Crippen LogP contribution in [0.15, 0.2) is 11.6 Å². The number of allylic oxidation sites excluding steroid dienone is 1. The lowest BCUT2D eigenvalue weighted by Gasteiger charge is -2.11. The Kier molecular flexibility index (Phi) is 19.7. The first-order valence-corrected chi connectivity index (χ1v) is 12.5. The van der Waals surface area contributed by atoms with E-state index < -0.39 is 0 Å². The SMILES string of the molecule is CCCCCCCCCCCCCCCC(Br)C=C(C)C(=O)OCCN(C)C. The Labute approximate surface area is 183 Å². The molecule has 0 saturated carbocycles. The number of hydrogen-bond acceptors (Lipinski definition) is 3. The van der Waals surface area contributed by atoms with Gasteiger partial charge in [-0.15, -0.1) is 0 Å². The first-order chi connectivity index (χ1) is 13.5. The van der Waals surface area contributed by atoms with Crippen LogP contribution in [-0.2, 0) is 9.53 Å². The first-order valence-electron chi connectivity index (χ1n) is 11.6. The molecule has 0 N–H and O–H groups in total. The van der Waals surface area contributed by atoms with E-state index in [4.69, 9.17) is 4.74 Å². The molecule has 0 rings (SSSR count). The van der Waals surface area contributed by atoms with E-state index in [9.17, 15) is 4.79 Å². The molecule has 0 aliphatic rings. The molecule has 1 atom stereocenters. The fraction of sp³-hybridized carbons (Fsp3) is 0.875. The number of likely N-dealkylation sites (N-methyl/N-ethyl adjacent to an activating group) is 1. The smallest absolute Gasteiger partial charge is 0.333 e. The highest BCUT2D eigenvalue weighted by molar-refractivity contribution is 9.09. The number of carbonyl (C=O) groups excluding carboxylic acids is 1. The van der Waals surface area contributed by atoms with Crippen molar-refractivity contribution in [3.8, 4) is 0 Å². The number of nitrogens with zero attached hydrogens (tertiary/aromatic N) is 1. The minimum absolute atomic E-state index is 0.198. The number of hydrogen-bond donors (Lipinski definition) is 0. The third kappa shape index (κ3) is 19.0. The van der Waals surface area contributed by atoms with Crippen LogP contribution in [0.5, 0.6) is 0 Å². The van der Waals surface area contributed by atoms with Gasteiger partial charge in [0.15, 0.2) is 0 Å². The van der Waals surface area contributed by atoms with E-state index in [1.165, 1.54) is 83.5 Å². The van der Waals surface area contributed by atoms with E-state index in [0.29, 0.717) is 12.2 Å². The van der Waals surface area contributed by atoms with Crippen molar-refractivity contribution in [1.82, 2.24) is 4.90 Å². The second-order valence-corrected chi connectivity index (χ2v) is 9.51. The lowest BCUT2D eigenvalue weighted by atomic mass is 10.0. The summed E-state index contributed by atoms with van der Waals surface area (Å²) < 4.78 is 5.27. The lowest BCUT2D eigenvalue weighted by Crippen LogP contribution is -2.20. The second-order valence-electron chi connectivity index (χ2n) is 8.34. The Balaban J connectivity index is 3.53. The van der Waals surface area contributed by atoms with Crippen LogP contribution in [-0.4, -0.2) is 42.9 Å². The summed E-state index contributed by atoms with van der Waals surface area (Å²) in [7, 11) is 3.95. The molecule has 1 unspecified atom stereocenters. The molecular weight excluding hydrogens is 414 g/mol. The van der Waals surface area contributed by atoms with Gasteiger partial charge in [0, 0.05) is 16.9 Å². The predicted octanol–water partition coefficient (Wildman–Crippen LogP) is 7.28. The fourth-order valence-electron chi connectivity index (χ4n) is 3.21. The highest BCUT2D eigenvalue weighted by Crippen LogP contribution is 2.17. The van der Waals surface area contributed by atoms with Crippen LogP contribution in [0.4, 0.5) is 0 Å². The molecule has 0 aromatic heterocycles. The van der Waals surface area contributed by atoms with Crippen LogP contribution in [0.2, 0.25) is 0 Å². The van der Waals surface area contributed by atoms with Crippen LogP contribution >= 0.6 is 15.9 Å². The Morgan fingerprint density at radius 1 is 0.893 bits per heavy atom. The molecule has 0 radical (unpaired) electrons. The van der Waals surface area contributed by atoms with Gasteiger partial charge in [0.1, 0.15) is 6.61 Å². The maximum Gasteiger partial charge on any atom is 0.333 e. The number of esters is 1. The van der Waals surface area contributed by atoms with E-state index in [0.717, 1.165) is 13.0 Å². The van der Waals surface area contributed by atoms with Crippen molar-refractivity contribution in [3.05, 3.63) is 11.6 Å². The minimum Gasteiger partial charge on any atom is -0.461 e. The normalized spacial score (nSPS) is 13.1. The molecule has 0 saturated heterocycles. The molecule has 0 amide bonds. The van der Waals surface area contributed by atoms with Crippen molar-refractivity contribution in [3.63, 3.8) is 0 Å². The Bertz CT molecular complexity index is 396. The Morgan fingerprint density at radius 2 is 1.36 bits per heavy atom. The summed E-state index contributed by atoms with van der Waals surface area (Å²) in [6, 6.07) is 0. The van der Waals surface area contributed by atoms with Crippen LogP contribution in [0.1, 0.15) is 104 Å². The molecule has 0 aromatic carbocycles. The van der Waals surface area contributed by atoms with Gasteiger partial charge in [-0.25, -0.2) is 4.79 Å². The molecule has 0 aromatic rings. The lowest BCUT2D eigenvalue weighted by molar-refractivity contribution is -0.139. The van der Waals surface area contributed by atoms with Crippen molar-refractivity contribution in [1.29, 1.82) is 0 Å². The van der Waals surface area contributed by atoms with Gasteiger partial charge in [0.2, 0.25) is 0 Å². The van der Waals surface area contributed by atoms with E-state index in [-0.39, 0.29) is 10.8 Å². The summed E-state index contributed by atoms with van der Waals surface area (Å²) >= 11 is 3.68. The van der Waals surface area contributed by atoms with Crippen molar-refractivity contribution in [2.75, 3.05) is 27.2 Å². The van der Waals surface area contributed by atoms with Crippen LogP contribution in [0, 0.1) is 0 Å². The average Bonchev–Trinajstić information content (AvgIpc) is 2.65. The first kappa shape index (κ1) is 27.6. The van der Waals surface area contributed by atoms with Gasteiger partial charge < -0.3 is 9.64 Å². The van der Waals surface area contributed by atoms with Gasteiger partial charge in [-0.3, -0.25) is 0 Å². The number of carbonyl (C=O) groups is 1. The molecule has 0 spiro atoms. The number of halogens is 1. The number of ether oxygens (including phenoxy) is 1. The quantitative estimate of drug-likeness (QED) is 0.0878. The molecule has 4 heteroatoms. The molecule has 3 nitrogen and oxygen atoms in total. The second kappa shape index (κ2) is 19.9. The summed E-state index contributed by atoms with van der Waals surface area (Å²) in [6.07, 6.45) is 21.0. The van der Waals surface area contributed by atoms with Crippen molar-refractivity contribution >= 4 is 21.9 Å². The van der Waals surface area contributed by atoms with Gasteiger partial charge in [-0.05, 0) is 27.4 Å². The van der Waals surface area contributed by atoms with E-state index in [1.807, 2.05) is 32.0 Å².